The van der Waals surface area contributed by atoms with Gasteiger partial charge in [0.05, 0.1) is 12.1 Å². The third-order valence-electron chi connectivity index (χ3n) is 3.85. The van der Waals surface area contributed by atoms with Crippen molar-refractivity contribution in [3.63, 3.8) is 0 Å². The van der Waals surface area contributed by atoms with Crippen LogP contribution in [0, 0.1) is 22.7 Å². The van der Waals surface area contributed by atoms with E-state index in [-0.39, 0.29) is 0 Å². The number of hydrogen-bond donors (Lipinski definition) is 2. The zero-order valence-electron chi connectivity index (χ0n) is 13.9. The Morgan fingerprint density at radius 2 is 2.19 bits per heavy atom. The lowest BCUT2D eigenvalue weighted by molar-refractivity contribution is -0.121. The normalized spacial score (nSPS) is 15.5. The smallest absolute Gasteiger partial charge is 0.234 e. The highest BCUT2D eigenvalue weighted by Crippen LogP contribution is 2.23. The number of aromatic nitrogens is 1. The summed E-state index contributed by atoms with van der Waals surface area (Å²) < 4.78 is 13.2. The van der Waals surface area contributed by atoms with E-state index in [0.717, 1.165) is 11.1 Å². The first kappa shape index (κ1) is 19.0. The number of aliphatic hydroxyl groups is 1. The van der Waals surface area contributed by atoms with Crippen LogP contribution in [0.2, 0.25) is 0 Å². The lowest BCUT2D eigenvalue weighted by Crippen LogP contribution is -2.45. The third-order valence-corrected chi connectivity index (χ3v) is 3.85. The van der Waals surface area contributed by atoms with Crippen molar-refractivity contribution in [3.05, 3.63) is 59.5 Å². The maximum atomic E-state index is 13.2. The first-order valence-corrected chi connectivity index (χ1v) is 7.93. The van der Waals surface area contributed by atoms with E-state index in [9.17, 15) is 14.3 Å². The van der Waals surface area contributed by atoms with E-state index in [0.29, 0.717) is 17.7 Å². The summed E-state index contributed by atoms with van der Waals surface area (Å²) in [5.74, 6) is -0.632. The fourth-order valence-electron chi connectivity index (χ4n) is 2.47. The summed E-state index contributed by atoms with van der Waals surface area (Å²) in [4.78, 5) is 15.5. The van der Waals surface area contributed by atoms with E-state index < -0.39 is 31.1 Å². The molecule has 6 nitrogen and oxygen atoms in total. The fourth-order valence-corrected chi connectivity index (χ4v) is 2.47. The molecule has 1 aliphatic carbocycles. The van der Waals surface area contributed by atoms with Crippen LogP contribution >= 0.6 is 0 Å². The Labute approximate surface area is 150 Å². The Morgan fingerprint density at radius 1 is 1.38 bits per heavy atom. The molecule has 1 heterocycles. The number of carbonyl (C=O) groups is 1. The highest BCUT2D eigenvalue weighted by molar-refractivity contribution is 5.78. The van der Waals surface area contributed by atoms with Gasteiger partial charge in [-0.1, -0.05) is 30.4 Å². The molecule has 0 bridgehead atoms. The Kier molecular flexibility index (Phi) is 6.78. The molecule has 0 spiro atoms. The number of rotatable bonds is 6. The van der Waals surface area contributed by atoms with Crippen LogP contribution in [-0.2, 0) is 4.79 Å². The summed E-state index contributed by atoms with van der Waals surface area (Å²) in [6.07, 6.45) is 7.46. The van der Waals surface area contributed by atoms with Gasteiger partial charge in [0.25, 0.3) is 0 Å². The van der Waals surface area contributed by atoms with Crippen LogP contribution in [-0.4, -0.2) is 34.8 Å². The summed E-state index contributed by atoms with van der Waals surface area (Å²) in [5.41, 5.74) is 2.53. The Balaban J connectivity index is 2.17. The molecule has 2 unspecified atom stereocenters. The largest absolute Gasteiger partial charge is 0.386 e. The summed E-state index contributed by atoms with van der Waals surface area (Å²) >= 11 is 0. The zero-order chi connectivity index (χ0) is 18.9. The van der Waals surface area contributed by atoms with Gasteiger partial charge in [0.2, 0.25) is 5.91 Å². The molecule has 2 rings (SSSR count). The van der Waals surface area contributed by atoms with Gasteiger partial charge >= 0.3 is 0 Å². The van der Waals surface area contributed by atoms with Crippen LogP contribution < -0.4 is 5.32 Å². The molecule has 0 aromatic carbocycles. The van der Waals surface area contributed by atoms with Crippen LogP contribution in [0.3, 0.4) is 0 Å². The number of amides is 1. The van der Waals surface area contributed by atoms with Crippen LogP contribution in [0.1, 0.15) is 24.1 Å². The SMILES string of the molecule is N#CCC(=O)NC(CF)C(O)C1=CC=C(c2ccc(C#N)nc2)CC=C1. The number of alkyl halides is 1. The topological polar surface area (TPSA) is 110 Å². The summed E-state index contributed by atoms with van der Waals surface area (Å²) in [6, 6.07) is 5.91. The van der Waals surface area contributed by atoms with Crippen LogP contribution in [0.4, 0.5) is 4.39 Å². The van der Waals surface area contributed by atoms with Gasteiger partial charge in [-0.3, -0.25) is 4.79 Å². The van der Waals surface area contributed by atoms with Gasteiger partial charge in [0.15, 0.2) is 0 Å². The first-order valence-electron chi connectivity index (χ1n) is 7.93. The second-order valence-electron chi connectivity index (χ2n) is 5.62. The molecule has 0 aliphatic heterocycles. The molecule has 0 saturated heterocycles. The second-order valence-corrected chi connectivity index (χ2v) is 5.62. The number of nitriles is 2. The van der Waals surface area contributed by atoms with Gasteiger partial charge in [-0.25, -0.2) is 9.37 Å². The fraction of sp³-hybridized carbons (Fsp3) is 0.263. The summed E-state index contributed by atoms with van der Waals surface area (Å²) in [5, 5.41) is 30.0. The number of pyridine rings is 1. The van der Waals surface area contributed by atoms with Gasteiger partial charge in [-0.2, -0.15) is 10.5 Å². The number of nitrogens with zero attached hydrogens (tertiary/aromatic N) is 3. The van der Waals surface area contributed by atoms with Gasteiger partial charge in [0, 0.05) is 6.20 Å². The molecule has 2 atom stereocenters. The zero-order valence-corrected chi connectivity index (χ0v) is 13.9. The molecule has 0 radical (unpaired) electrons. The summed E-state index contributed by atoms with van der Waals surface area (Å²) in [7, 11) is 0. The van der Waals surface area contributed by atoms with Crippen molar-refractivity contribution >= 4 is 11.5 Å². The van der Waals surface area contributed by atoms with Crippen molar-refractivity contribution in [1.29, 1.82) is 10.5 Å². The average molecular weight is 352 g/mol. The van der Waals surface area contributed by atoms with Crippen LogP contribution in [0.25, 0.3) is 5.57 Å². The molecular weight excluding hydrogens is 335 g/mol. The number of carbonyl (C=O) groups excluding carboxylic acids is 1. The molecule has 1 aromatic rings. The second kappa shape index (κ2) is 9.26. The van der Waals surface area contributed by atoms with Crippen LogP contribution in [0.15, 0.2) is 48.2 Å². The highest BCUT2D eigenvalue weighted by Gasteiger charge is 2.23. The monoisotopic (exact) mass is 352 g/mol. The number of halogens is 1. The van der Waals surface area contributed by atoms with E-state index in [2.05, 4.69) is 10.3 Å². The number of nitrogens with one attached hydrogen (secondary N) is 1. The quantitative estimate of drug-likeness (QED) is 0.813. The minimum Gasteiger partial charge on any atom is -0.386 e. The lowest BCUT2D eigenvalue weighted by Gasteiger charge is -2.21. The van der Waals surface area contributed by atoms with E-state index in [4.69, 9.17) is 10.5 Å². The van der Waals surface area contributed by atoms with Crippen molar-refractivity contribution in [2.45, 2.75) is 25.0 Å². The standard InChI is InChI=1S/C19H17FN4O2/c20-10-17(24-18(25)8-9-21)19(26)14-3-1-2-13(4-5-14)15-6-7-16(11-22)23-12-15/h1,3-7,12,17,19,26H,2,8,10H2,(H,24,25). The van der Waals surface area contributed by atoms with E-state index >= 15 is 0 Å². The molecule has 1 aliphatic rings. The predicted molar refractivity (Wildman–Crippen MR) is 92.9 cm³/mol. The minimum absolute atomic E-state index is 0.323. The van der Waals surface area contributed by atoms with E-state index in [1.54, 1.807) is 42.6 Å². The predicted octanol–water partition coefficient (Wildman–Crippen LogP) is 1.95. The molecule has 7 heteroatoms. The van der Waals surface area contributed by atoms with Crippen LogP contribution in [0.5, 0.6) is 0 Å². The van der Waals surface area contributed by atoms with Crippen molar-refractivity contribution in [3.8, 4) is 12.1 Å². The number of allylic oxidation sites excluding steroid dienone is 4. The van der Waals surface area contributed by atoms with Gasteiger partial charge in [-0.05, 0) is 29.2 Å². The maximum absolute atomic E-state index is 13.2. The van der Waals surface area contributed by atoms with Crippen molar-refractivity contribution in [2.24, 2.45) is 0 Å². The molecule has 1 aromatic heterocycles. The highest BCUT2D eigenvalue weighted by atomic mass is 19.1. The molecule has 1 amide bonds. The van der Waals surface area contributed by atoms with Crippen molar-refractivity contribution in [1.82, 2.24) is 10.3 Å². The lowest BCUT2D eigenvalue weighted by atomic mass is 10.0. The molecule has 0 saturated carbocycles. The maximum Gasteiger partial charge on any atom is 0.234 e. The third kappa shape index (κ3) is 4.85. The van der Waals surface area contributed by atoms with Gasteiger partial charge in [0.1, 0.15) is 31.0 Å². The van der Waals surface area contributed by atoms with Crippen molar-refractivity contribution in [2.75, 3.05) is 6.67 Å². The minimum atomic E-state index is -1.24. The van der Waals surface area contributed by atoms with Gasteiger partial charge < -0.3 is 10.4 Å². The molecular formula is C19H17FN4O2. The van der Waals surface area contributed by atoms with E-state index in [1.807, 2.05) is 12.1 Å². The summed E-state index contributed by atoms with van der Waals surface area (Å²) in [6.45, 7) is -0.959. The molecule has 0 fully saturated rings. The van der Waals surface area contributed by atoms with Crippen molar-refractivity contribution < 1.29 is 14.3 Å². The Morgan fingerprint density at radius 3 is 2.81 bits per heavy atom. The Bertz CT molecular complexity index is 829. The Hall–Kier alpha value is -3.29. The van der Waals surface area contributed by atoms with Gasteiger partial charge in [-0.15, -0.1) is 0 Å². The molecule has 2 N–H and O–H groups in total. The average Bonchev–Trinajstić information content (AvgIpc) is 2.92. The number of hydrogen-bond acceptors (Lipinski definition) is 5. The number of aliphatic hydroxyl groups excluding tert-OH is 1. The first-order chi connectivity index (χ1) is 12.6. The molecule has 132 valence electrons. The molecule has 26 heavy (non-hydrogen) atoms. The van der Waals surface area contributed by atoms with E-state index in [1.165, 1.54) is 0 Å².